The largest absolute Gasteiger partial charge is 0.489 e. The maximum atomic E-state index is 6.70. The smallest absolute Gasteiger partial charge is 0.138 e. The highest BCUT2D eigenvalue weighted by Crippen LogP contribution is 2.40. The van der Waals surface area contributed by atoms with E-state index in [1.54, 1.807) is 6.20 Å². The number of fused-ring (bicyclic) bond motifs is 1. The van der Waals surface area contributed by atoms with Crippen LogP contribution in [0.2, 0.25) is 0 Å². The zero-order chi connectivity index (χ0) is 14.2. The van der Waals surface area contributed by atoms with Crippen LogP contribution in [0.25, 0.3) is 0 Å². The van der Waals surface area contributed by atoms with Crippen LogP contribution in [0.3, 0.4) is 0 Å². The Morgan fingerprint density at radius 1 is 1.25 bits per heavy atom. The van der Waals surface area contributed by atoms with E-state index in [4.69, 9.17) is 10.5 Å². The molecule has 0 bridgehead atoms. The molecule has 2 aromatic rings. The first-order chi connectivity index (χ1) is 9.59. The van der Waals surface area contributed by atoms with E-state index in [2.05, 4.69) is 23.2 Å². The zero-order valence-electron chi connectivity index (χ0n) is 12.0. The predicted octanol–water partition coefficient (Wildman–Crippen LogP) is 3.02. The number of rotatable bonds is 3. The van der Waals surface area contributed by atoms with Crippen LogP contribution in [0.5, 0.6) is 5.75 Å². The summed E-state index contributed by atoms with van der Waals surface area (Å²) in [4.78, 5) is 4.30. The van der Waals surface area contributed by atoms with Crippen molar-refractivity contribution in [2.45, 2.75) is 38.3 Å². The van der Waals surface area contributed by atoms with Crippen LogP contribution < -0.4 is 10.5 Å². The molecule has 104 valence electrons. The second-order valence-corrected chi connectivity index (χ2v) is 5.70. The predicted molar refractivity (Wildman–Crippen MR) is 79.7 cm³/mol. The second-order valence-electron chi connectivity index (χ2n) is 5.70. The van der Waals surface area contributed by atoms with Crippen LogP contribution in [0.1, 0.15) is 37.0 Å². The monoisotopic (exact) mass is 268 g/mol. The minimum atomic E-state index is -0.445. The molecule has 1 aromatic carbocycles. The summed E-state index contributed by atoms with van der Waals surface area (Å²) in [6.45, 7) is 4.02. The molecule has 1 heterocycles. The SMILES string of the molecule is CC(C)Oc1cncc(C2(N)CCc3ccccc32)c1. The number of benzene rings is 1. The van der Waals surface area contributed by atoms with Crippen LogP contribution in [0, 0.1) is 0 Å². The third-order valence-electron chi connectivity index (χ3n) is 3.89. The fourth-order valence-electron chi connectivity index (χ4n) is 2.94. The Hall–Kier alpha value is -1.87. The Morgan fingerprint density at radius 3 is 2.85 bits per heavy atom. The molecule has 0 fully saturated rings. The average molecular weight is 268 g/mol. The Morgan fingerprint density at radius 2 is 2.05 bits per heavy atom. The summed E-state index contributed by atoms with van der Waals surface area (Å²) in [5, 5.41) is 0. The van der Waals surface area contributed by atoms with Crippen molar-refractivity contribution < 1.29 is 4.74 Å². The molecule has 1 aliphatic carbocycles. The van der Waals surface area contributed by atoms with Gasteiger partial charge in [0.1, 0.15) is 5.75 Å². The molecule has 0 spiro atoms. The first-order valence-corrected chi connectivity index (χ1v) is 7.09. The van der Waals surface area contributed by atoms with E-state index in [1.165, 1.54) is 11.1 Å². The maximum Gasteiger partial charge on any atom is 0.138 e. The molecule has 20 heavy (non-hydrogen) atoms. The topological polar surface area (TPSA) is 48.1 Å². The highest BCUT2D eigenvalue weighted by atomic mass is 16.5. The van der Waals surface area contributed by atoms with Gasteiger partial charge in [0, 0.05) is 6.20 Å². The lowest BCUT2D eigenvalue weighted by Crippen LogP contribution is -2.35. The zero-order valence-corrected chi connectivity index (χ0v) is 12.0. The summed E-state index contributed by atoms with van der Waals surface area (Å²) in [5.41, 5.74) is 9.83. The van der Waals surface area contributed by atoms with Crippen molar-refractivity contribution in [2.75, 3.05) is 0 Å². The van der Waals surface area contributed by atoms with Crippen molar-refractivity contribution in [2.24, 2.45) is 5.73 Å². The molecular formula is C17H20N2O. The van der Waals surface area contributed by atoms with Crippen molar-refractivity contribution in [1.29, 1.82) is 0 Å². The molecule has 3 heteroatoms. The molecule has 0 amide bonds. The van der Waals surface area contributed by atoms with Crippen molar-refractivity contribution in [1.82, 2.24) is 4.98 Å². The lowest BCUT2D eigenvalue weighted by molar-refractivity contribution is 0.241. The lowest BCUT2D eigenvalue weighted by atomic mass is 9.86. The highest BCUT2D eigenvalue weighted by molar-refractivity contribution is 5.47. The minimum Gasteiger partial charge on any atom is -0.489 e. The number of ether oxygens (including phenoxy) is 1. The van der Waals surface area contributed by atoms with Gasteiger partial charge in [-0.1, -0.05) is 24.3 Å². The van der Waals surface area contributed by atoms with Crippen molar-refractivity contribution in [3.05, 3.63) is 59.4 Å². The van der Waals surface area contributed by atoms with Gasteiger partial charge < -0.3 is 10.5 Å². The lowest BCUT2D eigenvalue weighted by Gasteiger charge is -2.26. The molecule has 1 atom stereocenters. The molecule has 0 aliphatic heterocycles. The van der Waals surface area contributed by atoms with Gasteiger partial charge in [-0.25, -0.2) is 0 Å². The van der Waals surface area contributed by atoms with Crippen LogP contribution in [0.4, 0.5) is 0 Å². The molecule has 1 aromatic heterocycles. The van der Waals surface area contributed by atoms with E-state index in [9.17, 15) is 0 Å². The Balaban J connectivity index is 2.01. The summed E-state index contributed by atoms with van der Waals surface area (Å²) < 4.78 is 5.73. The van der Waals surface area contributed by atoms with E-state index in [0.29, 0.717) is 0 Å². The van der Waals surface area contributed by atoms with Gasteiger partial charge in [-0.05, 0) is 49.4 Å². The Kier molecular flexibility index (Phi) is 3.22. The van der Waals surface area contributed by atoms with Crippen LogP contribution >= 0.6 is 0 Å². The average Bonchev–Trinajstić information content (AvgIpc) is 2.78. The van der Waals surface area contributed by atoms with Crippen molar-refractivity contribution >= 4 is 0 Å². The number of hydrogen-bond acceptors (Lipinski definition) is 3. The van der Waals surface area contributed by atoms with E-state index in [-0.39, 0.29) is 6.10 Å². The fourth-order valence-corrected chi connectivity index (χ4v) is 2.94. The van der Waals surface area contributed by atoms with E-state index in [1.807, 2.05) is 32.2 Å². The second kappa shape index (κ2) is 4.91. The first-order valence-electron chi connectivity index (χ1n) is 7.09. The van der Waals surface area contributed by atoms with Gasteiger partial charge in [-0.15, -0.1) is 0 Å². The molecule has 0 radical (unpaired) electrons. The number of aryl methyl sites for hydroxylation is 1. The summed E-state index contributed by atoms with van der Waals surface area (Å²) in [6, 6.07) is 10.4. The van der Waals surface area contributed by atoms with Gasteiger partial charge in [0.05, 0.1) is 17.8 Å². The molecular weight excluding hydrogens is 248 g/mol. The van der Waals surface area contributed by atoms with Crippen LogP contribution in [0.15, 0.2) is 42.7 Å². The Bertz CT molecular complexity index is 624. The maximum absolute atomic E-state index is 6.70. The summed E-state index contributed by atoms with van der Waals surface area (Å²) in [6.07, 6.45) is 5.67. The quantitative estimate of drug-likeness (QED) is 0.931. The summed E-state index contributed by atoms with van der Waals surface area (Å²) >= 11 is 0. The van der Waals surface area contributed by atoms with Crippen LogP contribution in [-0.4, -0.2) is 11.1 Å². The summed E-state index contributed by atoms with van der Waals surface area (Å²) in [7, 11) is 0. The molecule has 0 saturated carbocycles. The molecule has 3 rings (SSSR count). The number of hydrogen-bond donors (Lipinski definition) is 1. The van der Waals surface area contributed by atoms with Gasteiger partial charge in [-0.2, -0.15) is 0 Å². The molecule has 2 N–H and O–H groups in total. The van der Waals surface area contributed by atoms with E-state index < -0.39 is 5.54 Å². The number of nitrogens with zero attached hydrogens (tertiary/aromatic N) is 1. The van der Waals surface area contributed by atoms with Gasteiger partial charge in [0.25, 0.3) is 0 Å². The minimum absolute atomic E-state index is 0.136. The van der Waals surface area contributed by atoms with E-state index in [0.717, 1.165) is 24.2 Å². The summed E-state index contributed by atoms with van der Waals surface area (Å²) in [5.74, 6) is 0.784. The van der Waals surface area contributed by atoms with Crippen LogP contribution in [-0.2, 0) is 12.0 Å². The number of aromatic nitrogens is 1. The van der Waals surface area contributed by atoms with Gasteiger partial charge >= 0.3 is 0 Å². The molecule has 0 saturated heterocycles. The molecule has 3 nitrogen and oxygen atoms in total. The fraction of sp³-hybridized carbons (Fsp3) is 0.353. The normalized spacial score (nSPS) is 21.0. The van der Waals surface area contributed by atoms with Gasteiger partial charge in [-0.3, -0.25) is 4.98 Å². The third-order valence-corrected chi connectivity index (χ3v) is 3.89. The van der Waals surface area contributed by atoms with Gasteiger partial charge in [0.2, 0.25) is 0 Å². The standard InChI is InChI=1S/C17H20N2O/c1-12(2)20-15-9-14(10-19-11-15)17(18)8-7-13-5-3-4-6-16(13)17/h3-6,9-12H,7-8,18H2,1-2H3. The third kappa shape index (κ3) is 2.18. The molecule has 1 unspecified atom stereocenters. The number of pyridine rings is 1. The number of nitrogens with two attached hydrogens (primary N) is 1. The van der Waals surface area contributed by atoms with Crippen molar-refractivity contribution in [3.63, 3.8) is 0 Å². The first kappa shape index (κ1) is 13.1. The van der Waals surface area contributed by atoms with Gasteiger partial charge in [0.15, 0.2) is 0 Å². The van der Waals surface area contributed by atoms with E-state index >= 15 is 0 Å². The van der Waals surface area contributed by atoms with Crippen molar-refractivity contribution in [3.8, 4) is 5.75 Å². The Labute approximate surface area is 119 Å². The highest BCUT2D eigenvalue weighted by Gasteiger charge is 2.36. The molecule has 1 aliphatic rings.